The molecule has 1 rings (SSSR count). The van der Waals surface area contributed by atoms with Gasteiger partial charge in [0, 0.05) is 12.6 Å². The third kappa shape index (κ3) is 3.39. The van der Waals surface area contributed by atoms with Crippen molar-refractivity contribution in [3.63, 3.8) is 0 Å². The second-order valence-electron chi connectivity index (χ2n) is 3.12. The highest BCUT2D eigenvalue weighted by atomic mass is 19.4. The van der Waals surface area contributed by atoms with Crippen LogP contribution in [0.2, 0.25) is 0 Å². The molecular weight excluding hydrogens is 268 g/mol. The summed E-state index contributed by atoms with van der Waals surface area (Å²) in [5.74, 6) is -1.51. The number of pyridine rings is 1. The molecule has 0 radical (unpaired) electrons. The topological polar surface area (TPSA) is 74.2 Å². The molecule has 0 aliphatic heterocycles. The number of halogens is 6. The molecule has 0 atom stereocenters. The van der Waals surface area contributed by atoms with E-state index in [9.17, 15) is 26.3 Å². The molecule has 0 saturated heterocycles. The zero-order valence-electron chi connectivity index (χ0n) is 8.56. The monoisotopic (exact) mass is 275 g/mol. The van der Waals surface area contributed by atoms with E-state index in [-0.39, 0.29) is 5.69 Å². The van der Waals surface area contributed by atoms with E-state index in [2.05, 4.69) is 9.72 Å². The molecule has 1 aromatic rings. The lowest BCUT2D eigenvalue weighted by Gasteiger charge is -2.16. The Balaban J connectivity index is 3.35. The van der Waals surface area contributed by atoms with Crippen LogP contribution in [0.1, 0.15) is 11.4 Å². The maximum Gasteiger partial charge on any atom is 0.573 e. The minimum atomic E-state index is -5.28. The van der Waals surface area contributed by atoms with E-state index >= 15 is 0 Å². The lowest BCUT2D eigenvalue weighted by atomic mass is 10.2. The predicted molar refractivity (Wildman–Crippen MR) is 48.2 cm³/mol. The van der Waals surface area contributed by atoms with Crippen LogP contribution in [0.15, 0.2) is 6.07 Å². The highest BCUT2D eigenvalue weighted by molar-refractivity contribution is 5.50. The van der Waals surface area contributed by atoms with Crippen LogP contribution in [-0.2, 0) is 12.7 Å². The zero-order valence-corrected chi connectivity index (χ0v) is 8.56. The Labute approximate surface area is 96.5 Å². The highest BCUT2D eigenvalue weighted by Gasteiger charge is 2.41. The highest BCUT2D eigenvalue weighted by Crippen LogP contribution is 2.38. The molecule has 0 spiro atoms. The average molecular weight is 275 g/mol. The van der Waals surface area contributed by atoms with E-state index in [4.69, 9.17) is 11.5 Å². The number of nitrogen functional groups attached to an aromatic ring is 1. The number of hydrogen-bond acceptors (Lipinski definition) is 4. The second-order valence-corrected chi connectivity index (χ2v) is 3.12. The first-order valence-corrected chi connectivity index (χ1v) is 4.37. The second kappa shape index (κ2) is 4.52. The minimum Gasteiger partial charge on any atom is -0.403 e. The Morgan fingerprint density at radius 3 is 2.11 bits per heavy atom. The van der Waals surface area contributed by atoms with Gasteiger partial charge < -0.3 is 16.2 Å². The maximum absolute atomic E-state index is 12.5. The summed E-state index contributed by atoms with van der Waals surface area (Å²) in [7, 11) is 0. The van der Waals surface area contributed by atoms with Crippen molar-refractivity contribution in [2.24, 2.45) is 5.73 Å². The molecule has 1 heterocycles. The molecule has 0 saturated carbocycles. The fourth-order valence-corrected chi connectivity index (χ4v) is 1.12. The summed E-state index contributed by atoms with van der Waals surface area (Å²) >= 11 is 0. The molecule has 0 unspecified atom stereocenters. The first kappa shape index (κ1) is 14.4. The molecule has 1 aromatic heterocycles. The van der Waals surface area contributed by atoms with Gasteiger partial charge in [-0.1, -0.05) is 0 Å². The van der Waals surface area contributed by atoms with Crippen LogP contribution < -0.4 is 16.2 Å². The minimum absolute atomic E-state index is 0.364. The molecule has 4 N–H and O–H groups in total. The van der Waals surface area contributed by atoms with Gasteiger partial charge in [0.05, 0.1) is 11.4 Å². The number of aromatic nitrogens is 1. The van der Waals surface area contributed by atoms with Crippen LogP contribution in [0.4, 0.5) is 32.0 Å². The van der Waals surface area contributed by atoms with Crippen LogP contribution in [-0.4, -0.2) is 11.3 Å². The normalized spacial score (nSPS) is 12.6. The zero-order chi connectivity index (χ0) is 14.1. The molecule has 0 aromatic carbocycles. The Morgan fingerprint density at radius 1 is 1.17 bits per heavy atom. The summed E-state index contributed by atoms with van der Waals surface area (Å²) in [6.45, 7) is -0.443. The Morgan fingerprint density at radius 2 is 1.72 bits per heavy atom. The van der Waals surface area contributed by atoms with Gasteiger partial charge >= 0.3 is 12.5 Å². The van der Waals surface area contributed by atoms with Crippen LogP contribution in [0.25, 0.3) is 0 Å². The summed E-state index contributed by atoms with van der Waals surface area (Å²) in [4.78, 5) is 2.95. The van der Waals surface area contributed by atoms with E-state index in [0.29, 0.717) is 6.07 Å². The van der Waals surface area contributed by atoms with Gasteiger partial charge in [-0.3, -0.25) is 0 Å². The fraction of sp³-hybridized carbons (Fsp3) is 0.375. The van der Waals surface area contributed by atoms with Gasteiger partial charge in [-0.25, -0.2) is 4.98 Å². The number of anilines is 1. The van der Waals surface area contributed by atoms with E-state index < -0.39 is 36.2 Å². The van der Waals surface area contributed by atoms with E-state index in [1.165, 1.54) is 0 Å². The van der Waals surface area contributed by atoms with Gasteiger partial charge in [0.25, 0.3) is 0 Å². The molecule has 18 heavy (non-hydrogen) atoms. The lowest BCUT2D eigenvalue weighted by Crippen LogP contribution is -2.22. The first-order chi connectivity index (χ1) is 8.04. The predicted octanol–water partition coefficient (Wildman–Crippen LogP) is 2.04. The van der Waals surface area contributed by atoms with Crippen molar-refractivity contribution in [1.29, 1.82) is 0 Å². The number of hydrogen-bond donors (Lipinski definition) is 2. The smallest absolute Gasteiger partial charge is 0.403 e. The van der Waals surface area contributed by atoms with Gasteiger partial charge in [-0.2, -0.15) is 13.2 Å². The Bertz CT molecular complexity index is 442. The number of ether oxygens (including phenoxy) is 1. The molecule has 0 amide bonds. The van der Waals surface area contributed by atoms with E-state index in [0.717, 1.165) is 0 Å². The van der Waals surface area contributed by atoms with Crippen molar-refractivity contribution in [3.05, 3.63) is 17.5 Å². The number of rotatable bonds is 2. The largest absolute Gasteiger partial charge is 0.573 e. The van der Waals surface area contributed by atoms with E-state index in [1.807, 2.05) is 0 Å². The fourth-order valence-electron chi connectivity index (χ4n) is 1.12. The summed E-state index contributed by atoms with van der Waals surface area (Å²) < 4.78 is 76.5. The molecular formula is C8H7F6N3O. The van der Waals surface area contributed by atoms with Crippen LogP contribution in [0.3, 0.4) is 0 Å². The summed E-state index contributed by atoms with van der Waals surface area (Å²) in [6.07, 6.45) is -10.4. The van der Waals surface area contributed by atoms with Crippen LogP contribution in [0.5, 0.6) is 5.75 Å². The van der Waals surface area contributed by atoms with Crippen LogP contribution >= 0.6 is 0 Å². The first-order valence-electron chi connectivity index (χ1n) is 4.37. The van der Waals surface area contributed by atoms with Crippen molar-refractivity contribution in [2.75, 3.05) is 5.73 Å². The van der Waals surface area contributed by atoms with Gasteiger partial charge in [0.1, 0.15) is 0 Å². The molecule has 0 aliphatic rings. The number of nitrogens with two attached hydrogens (primary N) is 2. The molecule has 0 bridgehead atoms. The summed E-state index contributed by atoms with van der Waals surface area (Å²) in [5, 5.41) is 0. The molecule has 4 nitrogen and oxygen atoms in total. The van der Waals surface area contributed by atoms with Crippen molar-refractivity contribution in [2.45, 2.75) is 19.1 Å². The van der Waals surface area contributed by atoms with E-state index in [1.54, 1.807) is 0 Å². The standard InChI is InChI=1S/C8H7F6N3O/c9-7(10,11)6-5(18-8(12,13)14)1-3(16)4(2-15)17-6/h1H,2,15-16H2. The average Bonchev–Trinajstić information content (AvgIpc) is 2.13. The summed E-state index contributed by atoms with van der Waals surface area (Å²) in [6, 6.07) is 0.394. The lowest BCUT2D eigenvalue weighted by molar-refractivity contribution is -0.276. The molecule has 102 valence electrons. The van der Waals surface area contributed by atoms with Crippen molar-refractivity contribution in [3.8, 4) is 5.75 Å². The molecule has 0 aliphatic carbocycles. The Hall–Kier alpha value is -1.71. The molecule has 0 fully saturated rings. The van der Waals surface area contributed by atoms with Crippen molar-refractivity contribution < 1.29 is 31.1 Å². The maximum atomic E-state index is 12.5. The van der Waals surface area contributed by atoms with Crippen LogP contribution in [0, 0.1) is 0 Å². The van der Waals surface area contributed by atoms with Crippen molar-refractivity contribution >= 4 is 5.69 Å². The number of nitrogens with zero attached hydrogens (tertiary/aromatic N) is 1. The SMILES string of the molecule is NCc1nc(C(F)(F)F)c(OC(F)(F)F)cc1N. The molecule has 10 heteroatoms. The van der Waals surface area contributed by atoms with Gasteiger partial charge in [-0.05, 0) is 0 Å². The van der Waals surface area contributed by atoms with Gasteiger partial charge in [0.2, 0.25) is 0 Å². The summed E-state index contributed by atoms with van der Waals surface area (Å²) in [5.41, 5.74) is 7.67. The third-order valence-corrected chi connectivity index (χ3v) is 1.79. The van der Waals surface area contributed by atoms with Crippen molar-refractivity contribution in [1.82, 2.24) is 4.98 Å². The van der Waals surface area contributed by atoms with Gasteiger partial charge in [-0.15, -0.1) is 13.2 Å². The number of alkyl halides is 6. The Kier molecular flexibility index (Phi) is 3.60. The third-order valence-electron chi connectivity index (χ3n) is 1.79. The quantitative estimate of drug-likeness (QED) is 0.810. The van der Waals surface area contributed by atoms with Gasteiger partial charge in [0.15, 0.2) is 11.4 Å².